The Morgan fingerprint density at radius 2 is 1.62 bits per heavy atom. The lowest BCUT2D eigenvalue weighted by Crippen LogP contribution is -2.29. The van der Waals surface area contributed by atoms with Gasteiger partial charge in [0.2, 0.25) is 0 Å². The molecule has 4 aromatic rings. The number of carbonyl (C=O) groups is 3. The average molecular weight is 556 g/mol. The number of anilines is 3. The van der Waals surface area contributed by atoms with Gasteiger partial charge in [-0.15, -0.1) is 0 Å². The van der Waals surface area contributed by atoms with Crippen molar-refractivity contribution >= 4 is 55.9 Å². The standard InChI is InChI=1S/C27H24F3N5O3S/c1-3-11-31-25(38)35-26-34-20-10-9-17(13-22(20)39-26)24(37)33-21-12-16(8-7-15(21)2)23(36)32-19-6-4-5-18(14-19)27(28,29)30/h4-10,12-14H,3,11H2,1-2H3,(H,32,36)(H,33,37)(H2,31,34,35,38). The molecule has 0 saturated heterocycles. The Hall–Kier alpha value is -4.45. The van der Waals surface area contributed by atoms with Gasteiger partial charge in [-0.2, -0.15) is 13.2 Å². The zero-order valence-electron chi connectivity index (χ0n) is 20.9. The molecule has 1 heterocycles. The molecule has 0 aliphatic heterocycles. The van der Waals surface area contributed by atoms with Gasteiger partial charge in [-0.25, -0.2) is 9.78 Å². The van der Waals surface area contributed by atoms with Crippen LogP contribution in [0.5, 0.6) is 0 Å². The molecule has 0 bridgehead atoms. The number of fused-ring (bicyclic) bond motifs is 1. The molecule has 0 spiro atoms. The quantitative estimate of drug-likeness (QED) is 0.204. The van der Waals surface area contributed by atoms with Crippen LogP contribution >= 0.6 is 11.3 Å². The number of hydrogen-bond acceptors (Lipinski definition) is 5. The van der Waals surface area contributed by atoms with E-state index in [1.807, 2.05) is 6.92 Å². The third kappa shape index (κ3) is 6.90. The molecule has 0 fully saturated rings. The van der Waals surface area contributed by atoms with E-state index in [0.717, 1.165) is 18.6 Å². The molecular formula is C27H24F3N5O3S. The zero-order chi connectivity index (χ0) is 28.2. The molecule has 4 N–H and O–H groups in total. The Kier molecular flexibility index (Phi) is 8.15. The summed E-state index contributed by atoms with van der Waals surface area (Å²) in [5, 5.41) is 11.0. The minimum Gasteiger partial charge on any atom is -0.338 e. The molecule has 0 aliphatic rings. The summed E-state index contributed by atoms with van der Waals surface area (Å²) in [4.78, 5) is 42.0. The summed E-state index contributed by atoms with van der Waals surface area (Å²) in [6.45, 7) is 4.23. The number of nitrogens with zero attached hydrogens (tertiary/aromatic N) is 1. The number of alkyl halides is 3. The van der Waals surface area contributed by atoms with Gasteiger partial charge in [-0.3, -0.25) is 14.9 Å². The van der Waals surface area contributed by atoms with Crippen molar-refractivity contribution in [1.29, 1.82) is 0 Å². The number of aromatic nitrogens is 1. The van der Waals surface area contributed by atoms with Crippen molar-refractivity contribution in [2.75, 3.05) is 22.5 Å². The normalized spacial score (nSPS) is 11.2. The van der Waals surface area contributed by atoms with Crippen LogP contribution in [0.25, 0.3) is 10.2 Å². The largest absolute Gasteiger partial charge is 0.416 e. The van der Waals surface area contributed by atoms with Gasteiger partial charge < -0.3 is 16.0 Å². The van der Waals surface area contributed by atoms with Crippen LogP contribution in [-0.4, -0.2) is 29.4 Å². The molecule has 0 unspecified atom stereocenters. The summed E-state index contributed by atoms with van der Waals surface area (Å²) in [5.41, 5.74) is 1.29. The maximum absolute atomic E-state index is 13.0. The molecule has 4 amide bonds. The van der Waals surface area contributed by atoms with Crippen LogP contribution < -0.4 is 21.3 Å². The van der Waals surface area contributed by atoms with E-state index in [1.54, 1.807) is 31.2 Å². The van der Waals surface area contributed by atoms with Crippen LogP contribution in [0.4, 0.5) is 34.5 Å². The molecule has 4 rings (SSSR count). The third-order valence-corrected chi connectivity index (χ3v) is 6.54. The first kappa shape index (κ1) is 27.6. The number of nitrogens with one attached hydrogen (secondary N) is 4. The van der Waals surface area contributed by atoms with Crippen LogP contribution in [0.15, 0.2) is 60.7 Å². The number of amides is 4. The average Bonchev–Trinajstić information content (AvgIpc) is 3.29. The highest BCUT2D eigenvalue weighted by Gasteiger charge is 2.30. The first-order valence-electron chi connectivity index (χ1n) is 11.9. The van der Waals surface area contributed by atoms with Gasteiger partial charge in [0.1, 0.15) is 0 Å². The summed E-state index contributed by atoms with van der Waals surface area (Å²) in [6.07, 6.45) is -3.74. The van der Waals surface area contributed by atoms with Crippen LogP contribution in [0.1, 0.15) is 45.2 Å². The Morgan fingerprint density at radius 3 is 2.36 bits per heavy atom. The van der Waals surface area contributed by atoms with Gasteiger partial charge in [0, 0.05) is 29.0 Å². The van der Waals surface area contributed by atoms with Gasteiger partial charge in [0.25, 0.3) is 11.8 Å². The van der Waals surface area contributed by atoms with Crippen molar-refractivity contribution in [3.05, 3.63) is 82.9 Å². The van der Waals surface area contributed by atoms with Crippen molar-refractivity contribution in [2.45, 2.75) is 26.4 Å². The van der Waals surface area contributed by atoms with Crippen LogP contribution in [0.3, 0.4) is 0 Å². The molecule has 1 aromatic heterocycles. The first-order chi connectivity index (χ1) is 18.5. The molecule has 202 valence electrons. The molecular weight excluding hydrogens is 531 g/mol. The topological polar surface area (TPSA) is 112 Å². The highest BCUT2D eigenvalue weighted by atomic mass is 32.1. The van der Waals surface area contributed by atoms with E-state index in [9.17, 15) is 27.6 Å². The molecule has 3 aromatic carbocycles. The fraction of sp³-hybridized carbons (Fsp3) is 0.185. The Labute approximate surface area is 225 Å². The Balaban J connectivity index is 1.47. The number of hydrogen-bond donors (Lipinski definition) is 4. The predicted octanol–water partition coefficient (Wildman–Crippen LogP) is 6.66. The number of urea groups is 1. The first-order valence-corrected chi connectivity index (χ1v) is 12.7. The van der Waals surface area contributed by atoms with Crippen LogP contribution in [0.2, 0.25) is 0 Å². The van der Waals surface area contributed by atoms with Crippen LogP contribution in [0, 0.1) is 6.92 Å². The number of halogens is 3. The number of rotatable bonds is 7. The number of thiazole rings is 1. The van der Waals surface area contributed by atoms with Crippen molar-refractivity contribution in [3.63, 3.8) is 0 Å². The minimum atomic E-state index is -4.54. The number of carbonyl (C=O) groups excluding carboxylic acids is 3. The second-order valence-electron chi connectivity index (χ2n) is 8.60. The van der Waals surface area contributed by atoms with E-state index < -0.39 is 23.6 Å². The highest BCUT2D eigenvalue weighted by molar-refractivity contribution is 7.22. The summed E-state index contributed by atoms with van der Waals surface area (Å²) >= 11 is 1.22. The zero-order valence-corrected chi connectivity index (χ0v) is 21.7. The van der Waals surface area contributed by atoms with Crippen LogP contribution in [-0.2, 0) is 6.18 Å². The minimum absolute atomic E-state index is 0.00412. The maximum atomic E-state index is 13.0. The number of benzene rings is 3. The fourth-order valence-corrected chi connectivity index (χ4v) is 4.47. The lowest BCUT2D eigenvalue weighted by Gasteiger charge is -2.12. The number of aryl methyl sites for hydroxylation is 1. The summed E-state index contributed by atoms with van der Waals surface area (Å²) in [5.74, 6) is -1.06. The second-order valence-corrected chi connectivity index (χ2v) is 9.63. The lowest BCUT2D eigenvalue weighted by atomic mass is 10.1. The van der Waals surface area contributed by atoms with E-state index in [2.05, 4.69) is 26.3 Å². The fourth-order valence-electron chi connectivity index (χ4n) is 3.57. The van der Waals surface area contributed by atoms with Gasteiger partial charge in [-0.05, 0) is 67.4 Å². The highest BCUT2D eigenvalue weighted by Crippen LogP contribution is 2.31. The van der Waals surface area contributed by atoms with E-state index in [0.29, 0.717) is 38.7 Å². The second kappa shape index (κ2) is 11.5. The van der Waals surface area contributed by atoms with E-state index in [-0.39, 0.29) is 17.3 Å². The van der Waals surface area contributed by atoms with Crippen molar-refractivity contribution in [1.82, 2.24) is 10.3 Å². The van der Waals surface area contributed by atoms with Crippen molar-refractivity contribution in [3.8, 4) is 0 Å². The molecule has 0 atom stereocenters. The molecule has 0 radical (unpaired) electrons. The summed E-state index contributed by atoms with van der Waals surface area (Å²) in [7, 11) is 0. The summed E-state index contributed by atoms with van der Waals surface area (Å²) in [6, 6.07) is 13.5. The van der Waals surface area contributed by atoms with E-state index in [1.165, 1.54) is 35.6 Å². The molecule has 0 saturated carbocycles. The van der Waals surface area contributed by atoms with Crippen molar-refractivity contribution in [2.24, 2.45) is 0 Å². The Bertz CT molecular complexity index is 1550. The van der Waals surface area contributed by atoms with E-state index >= 15 is 0 Å². The summed E-state index contributed by atoms with van der Waals surface area (Å²) < 4.78 is 39.7. The monoisotopic (exact) mass is 555 g/mol. The van der Waals surface area contributed by atoms with Gasteiger partial charge in [0.15, 0.2) is 5.13 Å². The smallest absolute Gasteiger partial charge is 0.338 e. The molecule has 12 heteroatoms. The molecule has 39 heavy (non-hydrogen) atoms. The SMILES string of the molecule is CCCNC(=O)Nc1nc2ccc(C(=O)Nc3cc(C(=O)Nc4cccc(C(F)(F)F)c4)ccc3C)cc2s1. The van der Waals surface area contributed by atoms with Gasteiger partial charge >= 0.3 is 12.2 Å². The third-order valence-electron chi connectivity index (χ3n) is 5.60. The maximum Gasteiger partial charge on any atom is 0.416 e. The van der Waals surface area contributed by atoms with Gasteiger partial charge in [0.05, 0.1) is 15.8 Å². The van der Waals surface area contributed by atoms with Gasteiger partial charge in [-0.1, -0.05) is 30.4 Å². The van der Waals surface area contributed by atoms with Crippen molar-refractivity contribution < 1.29 is 27.6 Å². The molecule has 0 aliphatic carbocycles. The Morgan fingerprint density at radius 1 is 0.897 bits per heavy atom. The predicted molar refractivity (Wildman–Crippen MR) is 145 cm³/mol. The van der Waals surface area contributed by atoms with E-state index in [4.69, 9.17) is 0 Å². The molecule has 8 nitrogen and oxygen atoms in total. The lowest BCUT2D eigenvalue weighted by molar-refractivity contribution is -0.137.